The van der Waals surface area contributed by atoms with Crippen LogP contribution in [0.1, 0.15) is 31.1 Å². The van der Waals surface area contributed by atoms with Crippen LogP contribution in [0, 0.1) is 5.82 Å². The lowest BCUT2D eigenvalue weighted by Crippen LogP contribution is -2.61. The van der Waals surface area contributed by atoms with E-state index >= 15 is 0 Å². The molecule has 1 heterocycles. The summed E-state index contributed by atoms with van der Waals surface area (Å²) in [6.45, 7) is 6.04. The van der Waals surface area contributed by atoms with Crippen LogP contribution >= 0.6 is 27.5 Å². The van der Waals surface area contributed by atoms with Crippen LogP contribution < -0.4 is 5.32 Å². The van der Waals surface area contributed by atoms with E-state index < -0.39 is 23.4 Å². The van der Waals surface area contributed by atoms with E-state index in [9.17, 15) is 14.0 Å². The molecule has 0 spiro atoms. The Bertz CT molecular complexity index is 642. The minimum absolute atomic E-state index is 0.0502. The van der Waals surface area contributed by atoms with Crippen molar-refractivity contribution in [2.45, 2.75) is 32.4 Å². The second-order valence-corrected chi connectivity index (χ2v) is 7.54. The summed E-state index contributed by atoms with van der Waals surface area (Å²) in [4.78, 5) is 25.4. The Morgan fingerprint density at radius 3 is 2.57 bits per heavy atom. The number of carbonyl (C=O) groups is 2. The Labute approximate surface area is 147 Å². The van der Waals surface area contributed by atoms with Crippen molar-refractivity contribution in [1.82, 2.24) is 10.2 Å². The third-order valence-corrected chi connectivity index (χ3v) is 4.37. The van der Waals surface area contributed by atoms with E-state index in [1.54, 1.807) is 20.8 Å². The number of amides is 2. The molecule has 1 saturated heterocycles. The Hall–Kier alpha value is -1.34. The van der Waals surface area contributed by atoms with Gasteiger partial charge in [-0.2, -0.15) is 0 Å². The van der Waals surface area contributed by atoms with Crippen molar-refractivity contribution in [3.8, 4) is 0 Å². The predicted molar refractivity (Wildman–Crippen MR) is 88.2 cm³/mol. The first-order valence-corrected chi connectivity index (χ1v) is 8.17. The maximum absolute atomic E-state index is 13.4. The monoisotopic (exact) mass is 406 g/mol. The topological polar surface area (TPSA) is 58.6 Å². The molecule has 1 aliphatic rings. The van der Waals surface area contributed by atoms with E-state index in [1.807, 2.05) is 0 Å². The number of likely N-dealkylation sites (tertiary alicyclic amines) is 1. The standard InChI is InChI=1S/C15H17BrClFN2O3/c1-15(2,3)23-14(22)20-6-9(7-20)19-13(21)10-4-8(18)5-11(16)12(10)17/h4-5,9H,6-7H2,1-3H3,(H,19,21). The molecule has 1 aliphatic heterocycles. The molecule has 0 atom stereocenters. The molecule has 1 aromatic rings. The average molecular weight is 408 g/mol. The number of hydrogen-bond donors (Lipinski definition) is 1. The summed E-state index contributed by atoms with van der Waals surface area (Å²) < 4.78 is 18.9. The molecule has 8 heteroatoms. The maximum atomic E-state index is 13.4. The average Bonchev–Trinajstić information content (AvgIpc) is 2.34. The highest BCUT2D eigenvalue weighted by atomic mass is 79.9. The fourth-order valence-electron chi connectivity index (χ4n) is 2.03. The van der Waals surface area contributed by atoms with Gasteiger partial charge in [0.15, 0.2) is 0 Å². The number of benzene rings is 1. The second kappa shape index (κ2) is 6.65. The predicted octanol–water partition coefficient (Wildman–Crippen LogP) is 3.59. The lowest BCUT2D eigenvalue weighted by Gasteiger charge is -2.40. The summed E-state index contributed by atoms with van der Waals surface area (Å²) in [5.74, 6) is -1.04. The highest BCUT2D eigenvalue weighted by molar-refractivity contribution is 9.10. The van der Waals surface area contributed by atoms with Gasteiger partial charge in [-0.15, -0.1) is 0 Å². The van der Waals surface area contributed by atoms with Crippen molar-refractivity contribution < 1.29 is 18.7 Å². The first kappa shape index (κ1) is 18.0. The number of halogens is 3. The first-order chi connectivity index (χ1) is 10.6. The van der Waals surface area contributed by atoms with E-state index in [2.05, 4.69) is 21.2 Å². The molecule has 0 aliphatic carbocycles. The SMILES string of the molecule is CC(C)(C)OC(=O)N1CC(NC(=O)c2cc(F)cc(Br)c2Cl)C1. The zero-order valence-corrected chi connectivity index (χ0v) is 15.3. The molecule has 23 heavy (non-hydrogen) atoms. The summed E-state index contributed by atoms with van der Waals surface area (Å²) in [5, 5.41) is 2.86. The van der Waals surface area contributed by atoms with Crippen LogP contribution in [0.25, 0.3) is 0 Å². The first-order valence-electron chi connectivity index (χ1n) is 7.00. The molecule has 0 saturated carbocycles. The highest BCUT2D eigenvalue weighted by Crippen LogP contribution is 2.28. The van der Waals surface area contributed by atoms with Crippen molar-refractivity contribution >= 4 is 39.5 Å². The van der Waals surface area contributed by atoms with Crippen LogP contribution in [0.5, 0.6) is 0 Å². The summed E-state index contributed by atoms with van der Waals surface area (Å²) in [7, 11) is 0. The molecule has 0 bridgehead atoms. The maximum Gasteiger partial charge on any atom is 0.410 e. The van der Waals surface area contributed by atoms with Crippen molar-refractivity contribution in [2.24, 2.45) is 0 Å². The van der Waals surface area contributed by atoms with E-state index in [0.717, 1.165) is 6.07 Å². The van der Waals surface area contributed by atoms with Gasteiger partial charge in [-0.3, -0.25) is 4.79 Å². The van der Waals surface area contributed by atoms with Gasteiger partial charge in [-0.05, 0) is 48.8 Å². The minimum atomic E-state index is -0.563. The van der Waals surface area contributed by atoms with Crippen molar-refractivity contribution in [3.05, 3.63) is 33.0 Å². The highest BCUT2D eigenvalue weighted by Gasteiger charge is 2.35. The normalized spacial score (nSPS) is 15.1. The summed E-state index contributed by atoms with van der Waals surface area (Å²) >= 11 is 9.10. The van der Waals surface area contributed by atoms with Gasteiger partial charge < -0.3 is 15.0 Å². The van der Waals surface area contributed by atoms with Crippen LogP contribution in [-0.4, -0.2) is 41.6 Å². The molecule has 1 fully saturated rings. The zero-order chi connectivity index (χ0) is 17.4. The summed E-state index contributed by atoms with van der Waals surface area (Å²) in [5.41, 5.74) is -0.512. The Morgan fingerprint density at radius 1 is 1.39 bits per heavy atom. The van der Waals surface area contributed by atoms with Crippen LogP contribution in [-0.2, 0) is 4.74 Å². The number of nitrogens with one attached hydrogen (secondary N) is 1. The van der Waals surface area contributed by atoms with Crippen LogP contribution in [0.15, 0.2) is 16.6 Å². The van der Waals surface area contributed by atoms with Gasteiger partial charge in [0, 0.05) is 17.6 Å². The van der Waals surface area contributed by atoms with Gasteiger partial charge in [0.1, 0.15) is 11.4 Å². The fraction of sp³-hybridized carbons (Fsp3) is 0.467. The minimum Gasteiger partial charge on any atom is -0.444 e. The number of nitrogens with zero attached hydrogens (tertiary/aromatic N) is 1. The van der Waals surface area contributed by atoms with E-state index in [4.69, 9.17) is 16.3 Å². The van der Waals surface area contributed by atoms with E-state index in [0.29, 0.717) is 17.6 Å². The Kier molecular flexibility index (Phi) is 5.20. The summed E-state index contributed by atoms with van der Waals surface area (Å²) in [6.07, 6.45) is -0.422. The van der Waals surface area contributed by atoms with Crippen LogP contribution in [0.2, 0.25) is 5.02 Å². The third kappa shape index (κ3) is 4.57. The smallest absolute Gasteiger partial charge is 0.410 e. The molecule has 0 unspecified atom stereocenters. The lowest BCUT2D eigenvalue weighted by atomic mass is 10.1. The van der Waals surface area contributed by atoms with E-state index in [-0.39, 0.29) is 16.6 Å². The number of hydrogen-bond acceptors (Lipinski definition) is 3. The third-order valence-electron chi connectivity index (χ3n) is 3.11. The Balaban J connectivity index is 1.91. The van der Waals surface area contributed by atoms with Gasteiger partial charge in [-0.25, -0.2) is 9.18 Å². The lowest BCUT2D eigenvalue weighted by molar-refractivity contribution is 0.00533. The van der Waals surface area contributed by atoms with Gasteiger partial charge >= 0.3 is 6.09 Å². The molecule has 2 amide bonds. The quantitative estimate of drug-likeness (QED) is 0.762. The molecule has 126 valence electrons. The van der Waals surface area contributed by atoms with Crippen LogP contribution in [0.4, 0.5) is 9.18 Å². The largest absolute Gasteiger partial charge is 0.444 e. The van der Waals surface area contributed by atoms with Crippen molar-refractivity contribution in [1.29, 1.82) is 0 Å². The number of ether oxygens (including phenoxy) is 1. The van der Waals surface area contributed by atoms with Crippen LogP contribution in [0.3, 0.4) is 0 Å². The second-order valence-electron chi connectivity index (χ2n) is 6.30. The molecule has 1 aromatic carbocycles. The zero-order valence-electron chi connectivity index (χ0n) is 13.0. The Morgan fingerprint density at radius 2 is 2.00 bits per heavy atom. The van der Waals surface area contributed by atoms with E-state index in [1.165, 1.54) is 11.0 Å². The molecule has 0 aromatic heterocycles. The molecular formula is C15H17BrClFN2O3. The molecule has 2 rings (SSSR count). The molecule has 0 radical (unpaired) electrons. The molecule has 1 N–H and O–H groups in total. The fourth-order valence-corrected chi connectivity index (χ4v) is 2.66. The molecular weight excluding hydrogens is 391 g/mol. The van der Waals surface area contributed by atoms with Gasteiger partial charge in [0.05, 0.1) is 16.6 Å². The van der Waals surface area contributed by atoms with Gasteiger partial charge in [0.2, 0.25) is 0 Å². The molecule has 5 nitrogen and oxygen atoms in total. The van der Waals surface area contributed by atoms with Crippen molar-refractivity contribution in [3.63, 3.8) is 0 Å². The van der Waals surface area contributed by atoms with Gasteiger partial charge in [0.25, 0.3) is 5.91 Å². The number of rotatable bonds is 2. The van der Waals surface area contributed by atoms with Crippen molar-refractivity contribution in [2.75, 3.05) is 13.1 Å². The summed E-state index contributed by atoms with van der Waals surface area (Å²) in [6, 6.07) is 2.05. The number of carbonyl (C=O) groups excluding carboxylic acids is 2. The van der Waals surface area contributed by atoms with Gasteiger partial charge in [-0.1, -0.05) is 11.6 Å².